The Morgan fingerprint density at radius 3 is 2.85 bits per heavy atom. The predicted molar refractivity (Wildman–Crippen MR) is 71.0 cm³/mol. The monoisotopic (exact) mass is 279 g/mol. The summed E-state index contributed by atoms with van der Waals surface area (Å²) in [5.74, 6) is -0.586. The number of rotatable bonds is 5. The van der Waals surface area contributed by atoms with Gasteiger partial charge in [-0.2, -0.15) is 4.68 Å². The van der Waals surface area contributed by atoms with E-state index in [-0.39, 0.29) is 23.9 Å². The van der Waals surface area contributed by atoms with Crippen molar-refractivity contribution in [3.63, 3.8) is 0 Å². The quantitative estimate of drug-likeness (QED) is 0.893. The summed E-state index contributed by atoms with van der Waals surface area (Å²) in [5, 5.41) is 6.75. The summed E-state index contributed by atoms with van der Waals surface area (Å²) in [6.07, 6.45) is 2.23. The van der Waals surface area contributed by atoms with Crippen molar-refractivity contribution in [2.75, 3.05) is 0 Å². The Bertz CT molecular complexity index is 637. The number of hydrogen-bond acceptors (Lipinski definition) is 5. The standard InChI is InChI=1S/C13H17N3O4/c1-4-13(2,3)14-10(17)8-16-12(18)20-11(15-16)9-6-5-7-19-9/h5-7H,4,8H2,1-3H3,(H,14,17). The van der Waals surface area contributed by atoms with Gasteiger partial charge in [0.15, 0.2) is 5.76 Å². The van der Waals surface area contributed by atoms with Gasteiger partial charge in [-0.25, -0.2) is 4.79 Å². The topological polar surface area (TPSA) is 90.3 Å². The van der Waals surface area contributed by atoms with Crippen molar-refractivity contribution in [1.82, 2.24) is 15.1 Å². The lowest BCUT2D eigenvalue weighted by Crippen LogP contribution is -2.45. The molecule has 2 rings (SSSR count). The lowest BCUT2D eigenvalue weighted by atomic mass is 10.0. The van der Waals surface area contributed by atoms with E-state index in [4.69, 9.17) is 8.83 Å². The molecule has 1 N–H and O–H groups in total. The van der Waals surface area contributed by atoms with Gasteiger partial charge in [-0.3, -0.25) is 4.79 Å². The van der Waals surface area contributed by atoms with Gasteiger partial charge in [0.05, 0.1) is 6.26 Å². The molecule has 0 aliphatic heterocycles. The Balaban J connectivity index is 2.11. The summed E-state index contributed by atoms with van der Waals surface area (Å²) in [6.45, 7) is 5.60. The molecule has 0 saturated heterocycles. The van der Waals surface area contributed by atoms with Crippen LogP contribution in [0.1, 0.15) is 27.2 Å². The minimum atomic E-state index is -0.694. The number of aromatic nitrogens is 2. The Labute approximate surface area is 115 Å². The fraction of sp³-hybridized carbons (Fsp3) is 0.462. The summed E-state index contributed by atoms with van der Waals surface area (Å²) in [4.78, 5) is 23.5. The largest absolute Gasteiger partial charge is 0.459 e. The normalized spacial score (nSPS) is 11.6. The zero-order chi connectivity index (χ0) is 14.8. The number of hydrogen-bond donors (Lipinski definition) is 1. The van der Waals surface area contributed by atoms with Crippen LogP contribution < -0.4 is 11.1 Å². The Kier molecular flexibility index (Phi) is 3.78. The zero-order valence-electron chi connectivity index (χ0n) is 11.7. The fourth-order valence-corrected chi connectivity index (χ4v) is 1.55. The Morgan fingerprint density at radius 2 is 2.25 bits per heavy atom. The van der Waals surface area contributed by atoms with Gasteiger partial charge >= 0.3 is 5.76 Å². The van der Waals surface area contributed by atoms with Gasteiger partial charge in [-0.05, 0) is 32.4 Å². The van der Waals surface area contributed by atoms with Crippen LogP contribution in [-0.2, 0) is 11.3 Å². The number of carbonyl (C=O) groups excluding carboxylic acids is 1. The highest BCUT2D eigenvalue weighted by Crippen LogP contribution is 2.15. The lowest BCUT2D eigenvalue weighted by molar-refractivity contribution is -0.123. The van der Waals surface area contributed by atoms with Crippen molar-refractivity contribution >= 4 is 5.91 Å². The maximum absolute atomic E-state index is 11.9. The molecule has 0 aliphatic rings. The average molecular weight is 279 g/mol. The second-order valence-electron chi connectivity index (χ2n) is 5.09. The Hall–Kier alpha value is -2.31. The van der Waals surface area contributed by atoms with Crippen LogP contribution in [0, 0.1) is 0 Å². The van der Waals surface area contributed by atoms with E-state index >= 15 is 0 Å². The molecule has 0 unspecified atom stereocenters. The van der Waals surface area contributed by atoms with Crippen molar-refractivity contribution in [1.29, 1.82) is 0 Å². The highest BCUT2D eigenvalue weighted by atomic mass is 16.4. The summed E-state index contributed by atoms with van der Waals surface area (Å²) in [5.41, 5.74) is -0.325. The predicted octanol–water partition coefficient (Wildman–Crippen LogP) is 1.40. The van der Waals surface area contributed by atoms with Gasteiger partial charge in [0.25, 0.3) is 5.89 Å². The molecule has 0 bridgehead atoms. The van der Waals surface area contributed by atoms with E-state index < -0.39 is 5.76 Å². The summed E-state index contributed by atoms with van der Waals surface area (Å²) < 4.78 is 11.0. The maximum Gasteiger partial charge on any atom is 0.437 e. The van der Waals surface area contributed by atoms with Crippen molar-refractivity contribution < 1.29 is 13.6 Å². The molecule has 1 amide bonds. The van der Waals surface area contributed by atoms with Crippen LogP contribution in [0.2, 0.25) is 0 Å². The molecular formula is C13H17N3O4. The first-order valence-corrected chi connectivity index (χ1v) is 6.34. The highest BCUT2D eigenvalue weighted by molar-refractivity contribution is 5.76. The van der Waals surface area contributed by atoms with E-state index in [9.17, 15) is 9.59 Å². The first-order valence-electron chi connectivity index (χ1n) is 6.34. The van der Waals surface area contributed by atoms with Crippen molar-refractivity contribution in [2.24, 2.45) is 0 Å². The number of carbonyl (C=O) groups is 1. The third-order valence-corrected chi connectivity index (χ3v) is 2.99. The number of amides is 1. The van der Waals surface area contributed by atoms with Crippen LogP contribution in [0.15, 0.2) is 32.0 Å². The highest BCUT2D eigenvalue weighted by Gasteiger charge is 2.20. The summed E-state index contributed by atoms with van der Waals surface area (Å²) in [7, 11) is 0. The third kappa shape index (κ3) is 3.17. The molecule has 7 heteroatoms. The van der Waals surface area contributed by atoms with Gasteiger partial charge in [0.1, 0.15) is 6.54 Å². The fourth-order valence-electron chi connectivity index (χ4n) is 1.55. The van der Waals surface area contributed by atoms with Gasteiger partial charge in [-0.15, -0.1) is 5.10 Å². The molecule has 108 valence electrons. The van der Waals surface area contributed by atoms with Gasteiger partial charge < -0.3 is 14.2 Å². The first-order chi connectivity index (χ1) is 9.41. The number of furan rings is 1. The summed E-state index contributed by atoms with van der Waals surface area (Å²) in [6, 6.07) is 3.28. The van der Waals surface area contributed by atoms with Crippen LogP contribution in [0.25, 0.3) is 11.7 Å². The second-order valence-corrected chi connectivity index (χ2v) is 5.09. The molecule has 0 radical (unpaired) electrons. The maximum atomic E-state index is 11.9. The molecule has 2 aromatic rings. The van der Waals surface area contributed by atoms with Gasteiger partial charge in [0, 0.05) is 5.54 Å². The molecule has 2 aromatic heterocycles. The SMILES string of the molecule is CCC(C)(C)NC(=O)Cn1nc(-c2ccco2)oc1=O. The lowest BCUT2D eigenvalue weighted by Gasteiger charge is -2.24. The van der Waals surface area contributed by atoms with E-state index in [1.54, 1.807) is 12.1 Å². The number of nitrogens with zero attached hydrogens (tertiary/aromatic N) is 2. The molecule has 0 fully saturated rings. The average Bonchev–Trinajstić information content (AvgIpc) is 2.99. The van der Waals surface area contributed by atoms with Crippen molar-refractivity contribution in [3.05, 3.63) is 28.9 Å². The first kappa shape index (κ1) is 14.1. The molecule has 0 aliphatic carbocycles. The summed E-state index contributed by atoms with van der Waals surface area (Å²) >= 11 is 0. The van der Waals surface area contributed by atoms with E-state index in [1.165, 1.54) is 6.26 Å². The van der Waals surface area contributed by atoms with Crippen LogP contribution in [-0.4, -0.2) is 21.2 Å². The molecule has 7 nitrogen and oxygen atoms in total. The molecule has 0 spiro atoms. The van der Waals surface area contributed by atoms with Crippen molar-refractivity contribution in [2.45, 2.75) is 39.3 Å². The van der Waals surface area contributed by atoms with E-state index in [0.29, 0.717) is 5.76 Å². The van der Waals surface area contributed by atoms with Crippen LogP contribution in [0.4, 0.5) is 0 Å². The molecular weight excluding hydrogens is 262 g/mol. The van der Waals surface area contributed by atoms with Crippen LogP contribution in [0.5, 0.6) is 0 Å². The number of nitrogens with one attached hydrogen (secondary N) is 1. The van der Waals surface area contributed by atoms with Crippen molar-refractivity contribution in [3.8, 4) is 11.7 Å². The zero-order valence-corrected chi connectivity index (χ0v) is 11.7. The van der Waals surface area contributed by atoms with E-state index in [2.05, 4.69) is 10.4 Å². The molecule has 0 saturated carbocycles. The smallest absolute Gasteiger partial charge is 0.437 e. The van der Waals surface area contributed by atoms with Gasteiger partial charge in [-0.1, -0.05) is 6.92 Å². The molecule has 20 heavy (non-hydrogen) atoms. The minimum absolute atomic E-state index is 0.0579. The van der Waals surface area contributed by atoms with Crippen LogP contribution in [0.3, 0.4) is 0 Å². The van der Waals surface area contributed by atoms with Gasteiger partial charge in [0.2, 0.25) is 5.91 Å². The molecule has 0 atom stereocenters. The third-order valence-electron chi connectivity index (χ3n) is 2.99. The van der Waals surface area contributed by atoms with E-state index in [1.807, 2.05) is 20.8 Å². The molecule has 0 aromatic carbocycles. The minimum Gasteiger partial charge on any atom is -0.459 e. The Morgan fingerprint density at radius 1 is 1.50 bits per heavy atom. The second kappa shape index (κ2) is 5.36. The molecule has 2 heterocycles. The van der Waals surface area contributed by atoms with E-state index in [0.717, 1.165) is 11.1 Å². The van der Waals surface area contributed by atoms with Crippen LogP contribution >= 0.6 is 0 Å².